The van der Waals surface area contributed by atoms with E-state index in [9.17, 15) is 9.90 Å². The smallest absolute Gasteiger partial charge is 0.347 e. The molecule has 0 saturated heterocycles. The van der Waals surface area contributed by atoms with Crippen LogP contribution in [-0.2, 0) is 15.1 Å². The molecule has 0 heterocycles. The molecular weight excluding hydrogens is 350 g/mol. The highest BCUT2D eigenvalue weighted by atomic mass is 35.5. The third kappa shape index (κ3) is 4.85. The summed E-state index contributed by atoms with van der Waals surface area (Å²) in [4.78, 5) is 12.8. The minimum Gasteiger partial charge on any atom is -1.00 e. The molecule has 4 nitrogen and oxygen atoms in total. The van der Waals surface area contributed by atoms with Gasteiger partial charge in [0, 0.05) is 0 Å². The second kappa shape index (κ2) is 9.72. The van der Waals surface area contributed by atoms with Crippen LogP contribution in [0, 0.1) is 0 Å². The summed E-state index contributed by atoms with van der Waals surface area (Å²) in [5, 5.41) is 11.3. The number of rotatable bonds is 8. The Bertz CT molecular complexity index is 633. The molecule has 0 atom stereocenters. The van der Waals surface area contributed by atoms with Gasteiger partial charge in [0.25, 0.3) is 0 Å². The normalized spacial score (nSPS) is 11.5. The van der Waals surface area contributed by atoms with Gasteiger partial charge in [-0.2, -0.15) is 0 Å². The molecule has 0 spiro atoms. The first-order valence-corrected chi connectivity index (χ1v) is 8.80. The molecule has 26 heavy (non-hydrogen) atoms. The fourth-order valence-corrected chi connectivity index (χ4v) is 2.76. The molecule has 5 heteroatoms. The molecule has 2 aromatic carbocycles. The number of hydrogen-bond donors (Lipinski definition) is 1. The maximum atomic E-state index is 12.8. The number of benzene rings is 2. The molecular formula is C21H28ClNO3. The van der Waals surface area contributed by atoms with Crippen molar-refractivity contribution in [1.82, 2.24) is 0 Å². The second-order valence-electron chi connectivity index (χ2n) is 6.55. The lowest BCUT2D eigenvalue weighted by Crippen LogP contribution is -3.00. The van der Waals surface area contributed by atoms with Crippen molar-refractivity contribution in [3.63, 3.8) is 0 Å². The standard InChI is InChI=1S/C21H28NO3.ClH/c1-4-22(3,5-2)16-17-25-20(23)21(24,18-12-8-6-9-13-18)19-14-10-7-11-15-19;/h6-15,24H,4-5,16-17H2,1-3H3;1H/q+1;/p-1. The Morgan fingerprint density at radius 2 is 1.38 bits per heavy atom. The summed E-state index contributed by atoms with van der Waals surface area (Å²) in [6.07, 6.45) is 0. The average Bonchev–Trinajstić information content (AvgIpc) is 2.68. The zero-order chi connectivity index (χ0) is 18.3. The molecule has 0 fully saturated rings. The van der Waals surface area contributed by atoms with Crippen molar-refractivity contribution in [2.75, 3.05) is 33.3 Å². The third-order valence-electron chi connectivity index (χ3n) is 5.07. The van der Waals surface area contributed by atoms with E-state index in [1.807, 2.05) is 12.1 Å². The SMILES string of the molecule is CC[N+](C)(CC)CCOC(=O)C(O)(c1ccccc1)c1ccccc1.[Cl-]. The highest BCUT2D eigenvalue weighted by Gasteiger charge is 2.41. The molecule has 0 radical (unpaired) electrons. The van der Waals surface area contributed by atoms with Crippen molar-refractivity contribution in [2.45, 2.75) is 19.4 Å². The molecule has 0 aliphatic rings. The summed E-state index contributed by atoms with van der Waals surface area (Å²) >= 11 is 0. The molecule has 142 valence electrons. The van der Waals surface area contributed by atoms with Crippen LogP contribution in [-0.4, -0.2) is 48.8 Å². The first-order valence-electron chi connectivity index (χ1n) is 8.80. The maximum absolute atomic E-state index is 12.8. The Labute approximate surface area is 162 Å². The topological polar surface area (TPSA) is 46.5 Å². The van der Waals surface area contributed by atoms with Gasteiger partial charge in [0.2, 0.25) is 5.60 Å². The molecule has 0 saturated carbocycles. The van der Waals surface area contributed by atoms with Crippen molar-refractivity contribution in [3.8, 4) is 0 Å². The number of hydrogen-bond acceptors (Lipinski definition) is 3. The number of carbonyl (C=O) groups excluding carboxylic acids is 1. The molecule has 2 aromatic rings. The molecule has 0 aliphatic heterocycles. The van der Waals surface area contributed by atoms with Gasteiger partial charge in [0.1, 0.15) is 13.2 Å². The summed E-state index contributed by atoms with van der Waals surface area (Å²) in [6, 6.07) is 17.9. The van der Waals surface area contributed by atoms with Crippen molar-refractivity contribution in [2.24, 2.45) is 0 Å². The minimum absolute atomic E-state index is 0. The van der Waals surface area contributed by atoms with Crippen LogP contribution in [0.4, 0.5) is 0 Å². The van der Waals surface area contributed by atoms with Gasteiger partial charge in [-0.05, 0) is 25.0 Å². The predicted octanol–water partition coefficient (Wildman–Crippen LogP) is -0.0439. The molecule has 0 unspecified atom stereocenters. The van der Waals surface area contributed by atoms with Crippen LogP contribution in [0.1, 0.15) is 25.0 Å². The van der Waals surface area contributed by atoms with Crippen LogP contribution in [0.2, 0.25) is 0 Å². The van der Waals surface area contributed by atoms with Crippen molar-refractivity contribution < 1.29 is 31.5 Å². The summed E-state index contributed by atoms with van der Waals surface area (Å²) < 4.78 is 6.33. The minimum atomic E-state index is -1.80. The Balaban J connectivity index is 0.00000338. The molecule has 0 aromatic heterocycles. The summed E-state index contributed by atoms with van der Waals surface area (Å²) in [5.41, 5.74) is -0.784. The van der Waals surface area contributed by atoms with E-state index >= 15 is 0 Å². The van der Waals surface area contributed by atoms with E-state index in [4.69, 9.17) is 4.74 Å². The largest absolute Gasteiger partial charge is 1.00 e. The summed E-state index contributed by atoms with van der Waals surface area (Å²) in [5.74, 6) is -0.636. The fraction of sp³-hybridized carbons (Fsp3) is 0.381. The Kier molecular flexibility index (Phi) is 8.28. The van der Waals surface area contributed by atoms with Crippen molar-refractivity contribution >= 4 is 5.97 Å². The molecule has 0 amide bonds. The average molecular weight is 378 g/mol. The van der Waals surface area contributed by atoms with Crippen LogP contribution in [0.25, 0.3) is 0 Å². The molecule has 0 bridgehead atoms. The zero-order valence-electron chi connectivity index (χ0n) is 15.7. The fourth-order valence-electron chi connectivity index (χ4n) is 2.76. The van der Waals surface area contributed by atoms with Crippen LogP contribution in [0.5, 0.6) is 0 Å². The Morgan fingerprint density at radius 3 is 1.77 bits per heavy atom. The van der Waals surface area contributed by atoms with Crippen molar-refractivity contribution in [1.29, 1.82) is 0 Å². The van der Waals surface area contributed by atoms with Crippen LogP contribution >= 0.6 is 0 Å². The number of quaternary nitrogens is 1. The highest BCUT2D eigenvalue weighted by molar-refractivity contribution is 5.85. The number of ether oxygens (including phenoxy) is 1. The number of nitrogens with zero attached hydrogens (tertiary/aromatic N) is 1. The first kappa shape index (κ1) is 22.2. The van der Waals surface area contributed by atoms with Gasteiger partial charge in [0.05, 0.1) is 20.1 Å². The van der Waals surface area contributed by atoms with E-state index in [2.05, 4.69) is 20.9 Å². The monoisotopic (exact) mass is 377 g/mol. The first-order chi connectivity index (χ1) is 12.0. The Hall–Kier alpha value is -1.88. The van der Waals surface area contributed by atoms with Gasteiger partial charge in [-0.15, -0.1) is 0 Å². The predicted molar refractivity (Wildman–Crippen MR) is 99.0 cm³/mol. The molecule has 2 rings (SSSR count). The van der Waals surface area contributed by atoms with Gasteiger partial charge in [0.15, 0.2) is 0 Å². The van der Waals surface area contributed by atoms with Crippen LogP contribution in [0.15, 0.2) is 60.7 Å². The van der Waals surface area contributed by atoms with Gasteiger partial charge in [-0.3, -0.25) is 0 Å². The lowest BCUT2D eigenvalue weighted by Gasteiger charge is -2.32. The summed E-state index contributed by atoms with van der Waals surface area (Å²) in [7, 11) is 2.13. The van der Waals surface area contributed by atoms with E-state index in [1.54, 1.807) is 48.5 Å². The number of likely N-dealkylation sites (N-methyl/N-ethyl adjacent to an activating group) is 1. The number of halogens is 1. The maximum Gasteiger partial charge on any atom is 0.347 e. The number of aliphatic hydroxyl groups is 1. The van der Waals surface area contributed by atoms with Gasteiger partial charge in [-0.1, -0.05) is 60.7 Å². The molecule has 0 aliphatic carbocycles. The quantitative estimate of drug-likeness (QED) is 0.518. The number of esters is 1. The second-order valence-corrected chi connectivity index (χ2v) is 6.55. The molecule has 1 N–H and O–H groups in total. The van der Waals surface area contributed by atoms with Gasteiger partial charge < -0.3 is 26.7 Å². The van der Waals surface area contributed by atoms with E-state index in [-0.39, 0.29) is 19.0 Å². The lowest BCUT2D eigenvalue weighted by molar-refractivity contribution is -0.906. The van der Waals surface area contributed by atoms with E-state index in [1.165, 1.54) is 0 Å². The third-order valence-corrected chi connectivity index (χ3v) is 5.07. The zero-order valence-corrected chi connectivity index (χ0v) is 16.4. The lowest BCUT2D eigenvalue weighted by atomic mass is 9.86. The van der Waals surface area contributed by atoms with E-state index < -0.39 is 11.6 Å². The summed E-state index contributed by atoms with van der Waals surface area (Å²) in [6.45, 7) is 7.17. The van der Waals surface area contributed by atoms with Crippen molar-refractivity contribution in [3.05, 3.63) is 71.8 Å². The van der Waals surface area contributed by atoms with E-state index in [0.717, 1.165) is 24.1 Å². The van der Waals surface area contributed by atoms with Crippen LogP contribution in [0.3, 0.4) is 0 Å². The van der Waals surface area contributed by atoms with Gasteiger partial charge >= 0.3 is 5.97 Å². The van der Waals surface area contributed by atoms with E-state index in [0.29, 0.717) is 11.1 Å². The highest BCUT2D eigenvalue weighted by Crippen LogP contribution is 2.31. The Morgan fingerprint density at radius 1 is 0.962 bits per heavy atom. The van der Waals surface area contributed by atoms with Crippen LogP contribution < -0.4 is 12.4 Å². The van der Waals surface area contributed by atoms with Gasteiger partial charge in [-0.25, -0.2) is 4.79 Å². The number of carbonyl (C=O) groups is 1.